The molecule has 0 saturated heterocycles. The van der Waals surface area contributed by atoms with Crippen molar-refractivity contribution in [3.05, 3.63) is 65.5 Å². The number of nitrogens with one attached hydrogen (secondary N) is 1. The third kappa shape index (κ3) is 7.20. The van der Waals surface area contributed by atoms with Crippen molar-refractivity contribution in [3.8, 4) is 0 Å². The Morgan fingerprint density at radius 3 is 2.45 bits per heavy atom. The van der Waals surface area contributed by atoms with E-state index in [0.717, 1.165) is 17.3 Å². The first-order valence-corrected chi connectivity index (χ1v) is 9.84. The standard InChI is InChI=1S/C23H31F2N3O/c1-23(2,3)21(17-11-19(25)14-26-13-17)12-22(29)27-15-20(28(4)5)10-16-7-6-8-18(24)9-16/h6-9,11,13-14,20-21H,10,12,15H2,1-5H3,(H,27,29)/t20-,21-/m0/s1. The van der Waals surface area contributed by atoms with Crippen molar-refractivity contribution in [2.24, 2.45) is 5.41 Å². The average molecular weight is 404 g/mol. The lowest BCUT2D eigenvalue weighted by atomic mass is 9.75. The molecule has 0 fully saturated rings. The SMILES string of the molecule is CN(C)[C@H](CNC(=O)C[C@@H](c1cncc(F)c1)C(C)(C)C)Cc1cccc(F)c1. The molecule has 0 aliphatic heterocycles. The Morgan fingerprint density at radius 2 is 1.86 bits per heavy atom. The molecular weight excluding hydrogens is 372 g/mol. The summed E-state index contributed by atoms with van der Waals surface area (Å²) in [6.07, 6.45) is 3.66. The number of hydrogen-bond donors (Lipinski definition) is 1. The summed E-state index contributed by atoms with van der Waals surface area (Å²) in [4.78, 5) is 18.6. The number of likely N-dealkylation sites (N-methyl/N-ethyl adjacent to an activating group) is 1. The number of halogens is 2. The lowest BCUT2D eigenvalue weighted by Gasteiger charge is -2.31. The van der Waals surface area contributed by atoms with Crippen molar-refractivity contribution in [2.45, 2.75) is 45.6 Å². The van der Waals surface area contributed by atoms with Gasteiger partial charge in [0.05, 0.1) is 6.20 Å². The zero-order chi connectivity index (χ0) is 21.6. The first-order valence-electron chi connectivity index (χ1n) is 9.84. The fourth-order valence-electron chi connectivity index (χ4n) is 3.41. The zero-order valence-electron chi connectivity index (χ0n) is 17.9. The van der Waals surface area contributed by atoms with E-state index in [9.17, 15) is 13.6 Å². The highest BCUT2D eigenvalue weighted by Crippen LogP contribution is 2.37. The molecule has 0 radical (unpaired) electrons. The Labute approximate surface area is 172 Å². The van der Waals surface area contributed by atoms with Gasteiger partial charge in [-0.2, -0.15) is 0 Å². The maximum Gasteiger partial charge on any atom is 0.220 e. The number of carbonyl (C=O) groups excluding carboxylic acids is 1. The van der Waals surface area contributed by atoms with E-state index in [1.54, 1.807) is 12.3 Å². The lowest BCUT2D eigenvalue weighted by Crippen LogP contribution is -2.42. The molecule has 1 aromatic carbocycles. The molecule has 1 aromatic heterocycles. The van der Waals surface area contributed by atoms with E-state index in [1.807, 2.05) is 45.8 Å². The Hall–Kier alpha value is -2.34. The van der Waals surface area contributed by atoms with Gasteiger partial charge in [0, 0.05) is 25.2 Å². The van der Waals surface area contributed by atoms with Gasteiger partial charge in [0.2, 0.25) is 5.91 Å². The third-order valence-electron chi connectivity index (χ3n) is 5.19. The van der Waals surface area contributed by atoms with Crippen molar-refractivity contribution in [2.75, 3.05) is 20.6 Å². The zero-order valence-corrected chi connectivity index (χ0v) is 17.9. The van der Waals surface area contributed by atoms with E-state index in [2.05, 4.69) is 10.3 Å². The minimum atomic E-state index is -0.403. The maximum absolute atomic E-state index is 13.6. The molecule has 1 amide bonds. The number of amides is 1. The van der Waals surface area contributed by atoms with Crippen LogP contribution in [0.2, 0.25) is 0 Å². The van der Waals surface area contributed by atoms with Crippen LogP contribution in [0.25, 0.3) is 0 Å². The van der Waals surface area contributed by atoms with E-state index in [1.165, 1.54) is 18.2 Å². The molecular formula is C23H31F2N3O. The van der Waals surface area contributed by atoms with E-state index >= 15 is 0 Å². The number of nitrogens with zero attached hydrogens (tertiary/aromatic N) is 2. The molecule has 2 aromatic rings. The highest BCUT2D eigenvalue weighted by molar-refractivity contribution is 5.77. The van der Waals surface area contributed by atoms with Crippen molar-refractivity contribution in [1.29, 1.82) is 0 Å². The van der Waals surface area contributed by atoms with Crippen LogP contribution in [0.3, 0.4) is 0 Å². The Morgan fingerprint density at radius 1 is 1.14 bits per heavy atom. The van der Waals surface area contributed by atoms with Gasteiger partial charge in [-0.3, -0.25) is 9.78 Å². The average Bonchev–Trinajstić information content (AvgIpc) is 2.62. The first-order chi connectivity index (χ1) is 13.6. The molecule has 2 atom stereocenters. The largest absolute Gasteiger partial charge is 0.355 e. The van der Waals surface area contributed by atoms with Crippen LogP contribution < -0.4 is 5.32 Å². The van der Waals surface area contributed by atoms with Gasteiger partial charge in [-0.1, -0.05) is 32.9 Å². The molecule has 6 heteroatoms. The first kappa shape index (κ1) is 22.9. The number of hydrogen-bond acceptors (Lipinski definition) is 3. The molecule has 0 saturated carbocycles. The molecule has 0 aliphatic carbocycles. The van der Waals surface area contributed by atoms with Crippen LogP contribution in [0.5, 0.6) is 0 Å². The van der Waals surface area contributed by atoms with Gasteiger partial charge >= 0.3 is 0 Å². The van der Waals surface area contributed by atoms with E-state index in [0.29, 0.717) is 13.0 Å². The maximum atomic E-state index is 13.6. The topological polar surface area (TPSA) is 45.2 Å². The van der Waals surface area contributed by atoms with Crippen LogP contribution in [-0.4, -0.2) is 42.5 Å². The Bertz CT molecular complexity index is 818. The van der Waals surface area contributed by atoms with Gasteiger partial charge in [0.25, 0.3) is 0 Å². The molecule has 0 bridgehead atoms. The minimum absolute atomic E-state index is 0.0321. The van der Waals surface area contributed by atoms with Gasteiger partial charge in [-0.15, -0.1) is 0 Å². The van der Waals surface area contributed by atoms with Gasteiger partial charge in [0.15, 0.2) is 0 Å². The number of benzene rings is 1. The molecule has 0 spiro atoms. The van der Waals surface area contributed by atoms with Crippen LogP contribution in [0, 0.1) is 17.0 Å². The highest BCUT2D eigenvalue weighted by Gasteiger charge is 2.29. The summed E-state index contributed by atoms with van der Waals surface area (Å²) in [5, 5.41) is 3.00. The normalized spacial score (nSPS) is 13.9. The Balaban J connectivity index is 2.02. The van der Waals surface area contributed by atoms with Crippen molar-refractivity contribution in [1.82, 2.24) is 15.2 Å². The molecule has 158 valence electrons. The number of pyridine rings is 1. The summed E-state index contributed by atoms with van der Waals surface area (Å²) < 4.78 is 27.1. The van der Waals surface area contributed by atoms with Crippen molar-refractivity contribution < 1.29 is 13.6 Å². The third-order valence-corrected chi connectivity index (χ3v) is 5.19. The molecule has 0 aliphatic rings. The second-order valence-corrected chi connectivity index (χ2v) is 8.81. The predicted octanol–water partition coefficient (Wildman–Crippen LogP) is 4.17. The van der Waals surface area contributed by atoms with Gasteiger partial charge in [-0.05, 0) is 61.2 Å². The summed E-state index contributed by atoms with van der Waals surface area (Å²) in [6, 6.07) is 7.99. The summed E-state index contributed by atoms with van der Waals surface area (Å²) in [5.41, 5.74) is 1.38. The van der Waals surface area contributed by atoms with Gasteiger partial charge in [0.1, 0.15) is 11.6 Å². The lowest BCUT2D eigenvalue weighted by molar-refractivity contribution is -0.122. The van der Waals surface area contributed by atoms with Crippen molar-refractivity contribution in [3.63, 3.8) is 0 Å². The fourth-order valence-corrected chi connectivity index (χ4v) is 3.41. The summed E-state index contributed by atoms with van der Waals surface area (Å²) in [5.74, 6) is -0.923. The highest BCUT2D eigenvalue weighted by atomic mass is 19.1. The van der Waals surface area contributed by atoms with E-state index < -0.39 is 5.82 Å². The second-order valence-electron chi connectivity index (χ2n) is 8.81. The Kier molecular flexibility index (Phi) is 7.85. The fraction of sp³-hybridized carbons (Fsp3) is 0.478. The molecule has 1 N–H and O–H groups in total. The molecule has 2 rings (SSSR count). The molecule has 4 nitrogen and oxygen atoms in total. The minimum Gasteiger partial charge on any atom is -0.355 e. The number of carbonyl (C=O) groups is 1. The molecule has 0 unspecified atom stereocenters. The van der Waals surface area contributed by atoms with Crippen LogP contribution >= 0.6 is 0 Å². The quantitative estimate of drug-likeness (QED) is 0.720. The second kappa shape index (κ2) is 9.92. The van der Waals surface area contributed by atoms with Gasteiger partial charge in [-0.25, -0.2) is 8.78 Å². The van der Waals surface area contributed by atoms with Crippen LogP contribution in [0.15, 0.2) is 42.7 Å². The van der Waals surface area contributed by atoms with Crippen LogP contribution in [0.1, 0.15) is 44.2 Å². The van der Waals surface area contributed by atoms with Crippen molar-refractivity contribution >= 4 is 5.91 Å². The van der Waals surface area contributed by atoms with E-state index in [4.69, 9.17) is 0 Å². The van der Waals surface area contributed by atoms with Crippen LogP contribution in [0.4, 0.5) is 8.78 Å². The monoisotopic (exact) mass is 403 g/mol. The summed E-state index contributed by atoms with van der Waals surface area (Å²) in [6.45, 7) is 6.54. The molecule has 1 heterocycles. The smallest absolute Gasteiger partial charge is 0.220 e. The predicted molar refractivity (Wildman–Crippen MR) is 112 cm³/mol. The number of rotatable bonds is 8. The number of aromatic nitrogens is 1. The van der Waals surface area contributed by atoms with E-state index in [-0.39, 0.29) is 35.5 Å². The van der Waals surface area contributed by atoms with Crippen LogP contribution in [-0.2, 0) is 11.2 Å². The molecule has 29 heavy (non-hydrogen) atoms. The van der Waals surface area contributed by atoms with Gasteiger partial charge < -0.3 is 10.2 Å². The summed E-state index contributed by atoms with van der Waals surface area (Å²) >= 11 is 0. The summed E-state index contributed by atoms with van der Waals surface area (Å²) in [7, 11) is 3.87.